The van der Waals surface area contributed by atoms with Gasteiger partial charge in [0, 0.05) is 31.3 Å². The third-order valence-electron chi connectivity index (χ3n) is 3.32. The lowest BCUT2D eigenvalue weighted by molar-refractivity contribution is -0.116. The highest BCUT2D eigenvalue weighted by molar-refractivity contribution is 6.42. The molecule has 0 aliphatic carbocycles. The molecule has 1 N–H and O–H groups in total. The van der Waals surface area contributed by atoms with Crippen molar-refractivity contribution in [1.29, 1.82) is 0 Å². The average molecular weight is 369 g/mol. The van der Waals surface area contributed by atoms with Crippen LogP contribution in [0.3, 0.4) is 0 Å². The Labute approximate surface area is 149 Å². The number of hydrogen-bond acceptors (Lipinski definition) is 2. The standard InChI is InChI=1S/C17H15Cl2FN2O2/c1-11(23)22(14-6-7-15(18)16(19)10-14)9-8-21-17(24)12-2-4-13(20)5-3-12/h2-7,10H,8-9H2,1H3,(H,21,24). The first-order valence-electron chi connectivity index (χ1n) is 7.15. The van der Waals surface area contributed by atoms with Gasteiger partial charge in [0.15, 0.2) is 0 Å². The largest absolute Gasteiger partial charge is 0.350 e. The van der Waals surface area contributed by atoms with Crippen molar-refractivity contribution < 1.29 is 14.0 Å². The number of rotatable bonds is 5. The average Bonchev–Trinajstić information content (AvgIpc) is 2.54. The molecule has 2 rings (SSSR count). The van der Waals surface area contributed by atoms with Crippen molar-refractivity contribution in [2.24, 2.45) is 0 Å². The maximum absolute atomic E-state index is 12.8. The summed E-state index contributed by atoms with van der Waals surface area (Å²) < 4.78 is 12.8. The van der Waals surface area contributed by atoms with Crippen LogP contribution < -0.4 is 10.2 Å². The van der Waals surface area contributed by atoms with Gasteiger partial charge in [-0.25, -0.2) is 4.39 Å². The van der Waals surface area contributed by atoms with Gasteiger partial charge >= 0.3 is 0 Å². The van der Waals surface area contributed by atoms with Crippen LogP contribution in [0.25, 0.3) is 0 Å². The molecule has 0 aromatic heterocycles. The van der Waals surface area contributed by atoms with E-state index in [1.54, 1.807) is 18.2 Å². The first-order valence-corrected chi connectivity index (χ1v) is 7.91. The predicted octanol–water partition coefficient (Wildman–Crippen LogP) is 3.92. The van der Waals surface area contributed by atoms with Crippen LogP contribution in [-0.4, -0.2) is 24.9 Å². The van der Waals surface area contributed by atoms with Crippen molar-refractivity contribution in [3.05, 3.63) is 63.9 Å². The second-order valence-corrected chi connectivity index (χ2v) is 5.85. The molecule has 0 bridgehead atoms. The monoisotopic (exact) mass is 368 g/mol. The van der Waals surface area contributed by atoms with E-state index in [0.717, 1.165) is 0 Å². The molecule has 126 valence electrons. The molecule has 0 fully saturated rings. The highest BCUT2D eigenvalue weighted by atomic mass is 35.5. The molecule has 24 heavy (non-hydrogen) atoms. The Morgan fingerprint density at radius 3 is 2.33 bits per heavy atom. The van der Waals surface area contributed by atoms with Crippen LogP contribution in [0.2, 0.25) is 10.0 Å². The first-order chi connectivity index (χ1) is 11.4. The van der Waals surface area contributed by atoms with Crippen LogP contribution in [-0.2, 0) is 4.79 Å². The second kappa shape index (κ2) is 8.13. The summed E-state index contributed by atoms with van der Waals surface area (Å²) in [5.74, 6) is -0.939. The summed E-state index contributed by atoms with van der Waals surface area (Å²) in [7, 11) is 0. The normalized spacial score (nSPS) is 10.3. The Balaban J connectivity index is 1.99. The Hall–Kier alpha value is -2.11. The van der Waals surface area contributed by atoms with E-state index in [2.05, 4.69) is 5.32 Å². The van der Waals surface area contributed by atoms with Crippen LogP contribution in [0.1, 0.15) is 17.3 Å². The fraction of sp³-hybridized carbons (Fsp3) is 0.176. The van der Waals surface area contributed by atoms with Crippen molar-refractivity contribution in [3.63, 3.8) is 0 Å². The van der Waals surface area contributed by atoms with Crippen LogP contribution in [0.15, 0.2) is 42.5 Å². The highest BCUT2D eigenvalue weighted by Gasteiger charge is 2.13. The Bertz CT molecular complexity index is 751. The van der Waals surface area contributed by atoms with Gasteiger partial charge < -0.3 is 10.2 Å². The van der Waals surface area contributed by atoms with E-state index in [-0.39, 0.29) is 24.9 Å². The fourth-order valence-corrected chi connectivity index (χ4v) is 2.40. The number of carbonyl (C=O) groups is 2. The molecule has 2 aromatic rings. The highest BCUT2D eigenvalue weighted by Crippen LogP contribution is 2.27. The van der Waals surface area contributed by atoms with E-state index in [1.807, 2.05) is 0 Å². The van der Waals surface area contributed by atoms with Gasteiger partial charge in [-0.3, -0.25) is 9.59 Å². The Kier molecular flexibility index (Phi) is 6.17. The molecule has 0 atom stereocenters. The number of nitrogens with one attached hydrogen (secondary N) is 1. The Morgan fingerprint density at radius 2 is 1.75 bits per heavy atom. The van der Waals surface area contributed by atoms with Crippen molar-refractivity contribution in [2.45, 2.75) is 6.92 Å². The summed E-state index contributed by atoms with van der Waals surface area (Å²) in [5, 5.41) is 3.43. The van der Waals surface area contributed by atoms with Gasteiger partial charge in [0.05, 0.1) is 10.0 Å². The van der Waals surface area contributed by atoms with E-state index in [1.165, 1.54) is 36.1 Å². The lowest BCUT2D eigenvalue weighted by Gasteiger charge is -2.22. The minimum Gasteiger partial charge on any atom is -0.350 e. The van der Waals surface area contributed by atoms with E-state index < -0.39 is 5.82 Å². The zero-order valence-electron chi connectivity index (χ0n) is 12.9. The number of amides is 2. The van der Waals surface area contributed by atoms with Gasteiger partial charge in [-0.15, -0.1) is 0 Å². The van der Waals surface area contributed by atoms with Crippen molar-refractivity contribution in [1.82, 2.24) is 5.32 Å². The van der Waals surface area contributed by atoms with Gasteiger partial charge in [0.2, 0.25) is 5.91 Å². The zero-order chi connectivity index (χ0) is 17.7. The number of hydrogen-bond donors (Lipinski definition) is 1. The number of halogens is 3. The number of nitrogens with zero attached hydrogens (tertiary/aromatic N) is 1. The number of benzene rings is 2. The Morgan fingerprint density at radius 1 is 1.08 bits per heavy atom. The molecule has 0 radical (unpaired) electrons. The second-order valence-electron chi connectivity index (χ2n) is 5.03. The van der Waals surface area contributed by atoms with Crippen molar-refractivity contribution >= 4 is 40.7 Å². The van der Waals surface area contributed by atoms with E-state index in [4.69, 9.17) is 23.2 Å². The molecule has 0 saturated carbocycles. The van der Waals surface area contributed by atoms with E-state index >= 15 is 0 Å². The molecule has 0 spiro atoms. The maximum Gasteiger partial charge on any atom is 0.251 e. The zero-order valence-corrected chi connectivity index (χ0v) is 14.4. The molecular weight excluding hydrogens is 354 g/mol. The van der Waals surface area contributed by atoms with Crippen molar-refractivity contribution in [2.75, 3.05) is 18.0 Å². The summed E-state index contributed by atoms with van der Waals surface area (Å²) >= 11 is 11.8. The topological polar surface area (TPSA) is 49.4 Å². The maximum atomic E-state index is 12.8. The summed E-state index contributed by atoms with van der Waals surface area (Å²) in [5.41, 5.74) is 0.938. The summed E-state index contributed by atoms with van der Waals surface area (Å²) in [6, 6.07) is 10.1. The molecule has 2 amide bonds. The van der Waals surface area contributed by atoms with Gasteiger partial charge in [-0.1, -0.05) is 23.2 Å². The van der Waals surface area contributed by atoms with Gasteiger partial charge in [-0.05, 0) is 42.5 Å². The molecule has 7 heteroatoms. The molecule has 0 aliphatic heterocycles. The molecule has 0 aliphatic rings. The molecule has 0 saturated heterocycles. The van der Waals surface area contributed by atoms with E-state index in [9.17, 15) is 14.0 Å². The van der Waals surface area contributed by atoms with Gasteiger partial charge in [0.1, 0.15) is 5.82 Å². The SMILES string of the molecule is CC(=O)N(CCNC(=O)c1ccc(F)cc1)c1ccc(Cl)c(Cl)c1. The minimum absolute atomic E-state index is 0.190. The molecule has 0 heterocycles. The van der Waals surface area contributed by atoms with Crippen LogP contribution >= 0.6 is 23.2 Å². The lowest BCUT2D eigenvalue weighted by atomic mass is 10.2. The number of carbonyl (C=O) groups excluding carboxylic acids is 2. The van der Waals surface area contributed by atoms with Crippen LogP contribution in [0.4, 0.5) is 10.1 Å². The summed E-state index contributed by atoms with van der Waals surface area (Å²) in [4.78, 5) is 25.3. The van der Waals surface area contributed by atoms with Gasteiger partial charge in [0.25, 0.3) is 5.91 Å². The van der Waals surface area contributed by atoms with Gasteiger partial charge in [-0.2, -0.15) is 0 Å². The minimum atomic E-state index is -0.408. The third kappa shape index (κ3) is 4.69. The molecule has 0 unspecified atom stereocenters. The lowest BCUT2D eigenvalue weighted by Crippen LogP contribution is -2.37. The third-order valence-corrected chi connectivity index (χ3v) is 4.06. The molecular formula is C17H15Cl2FN2O2. The smallest absolute Gasteiger partial charge is 0.251 e. The van der Waals surface area contributed by atoms with Crippen LogP contribution in [0.5, 0.6) is 0 Å². The number of anilines is 1. The first kappa shape index (κ1) is 18.2. The predicted molar refractivity (Wildman–Crippen MR) is 93.2 cm³/mol. The summed E-state index contributed by atoms with van der Waals surface area (Å²) in [6.45, 7) is 1.92. The quantitative estimate of drug-likeness (QED) is 0.869. The summed E-state index contributed by atoms with van der Waals surface area (Å²) in [6.07, 6.45) is 0. The van der Waals surface area contributed by atoms with E-state index in [0.29, 0.717) is 21.3 Å². The molecule has 2 aromatic carbocycles. The fourth-order valence-electron chi connectivity index (χ4n) is 2.11. The molecule has 4 nitrogen and oxygen atoms in total. The van der Waals surface area contributed by atoms with Crippen LogP contribution in [0, 0.1) is 5.82 Å². The van der Waals surface area contributed by atoms with Crippen molar-refractivity contribution in [3.8, 4) is 0 Å².